The van der Waals surface area contributed by atoms with Crippen LogP contribution in [0.3, 0.4) is 0 Å². The van der Waals surface area contributed by atoms with Crippen LogP contribution < -0.4 is 10.1 Å². The average Bonchev–Trinajstić information content (AvgIpc) is 2.89. The molecule has 1 fully saturated rings. The predicted octanol–water partition coefficient (Wildman–Crippen LogP) is 8.52. The number of phenols is 1. The summed E-state index contributed by atoms with van der Waals surface area (Å²) < 4.78 is 14.3. The Morgan fingerprint density at radius 2 is 1.80 bits per heavy atom. The van der Waals surface area contributed by atoms with Crippen LogP contribution in [0, 0.1) is 15.4 Å². The minimum Gasteiger partial charge on any atom is -0.503 e. The van der Waals surface area contributed by atoms with Crippen LogP contribution in [-0.4, -0.2) is 39.7 Å². The molecule has 0 radical (unpaired) electrons. The van der Waals surface area contributed by atoms with Gasteiger partial charge in [0.1, 0.15) is 5.60 Å². The van der Waals surface area contributed by atoms with Crippen molar-refractivity contribution in [3.05, 3.63) is 50.1 Å². The van der Waals surface area contributed by atoms with Crippen LogP contribution in [-0.2, 0) is 9.53 Å². The van der Waals surface area contributed by atoms with Crippen molar-refractivity contribution in [2.45, 2.75) is 84.8 Å². The number of methoxy groups -OCH3 is 1. The summed E-state index contributed by atoms with van der Waals surface area (Å²) in [5.74, 6) is 1.19. The molecule has 2 aromatic carbocycles. The van der Waals surface area contributed by atoms with Gasteiger partial charge in [0.15, 0.2) is 17.3 Å². The van der Waals surface area contributed by atoms with Crippen LogP contribution in [0.1, 0.15) is 78.7 Å². The van der Waals surface area contributed by atoms with Gasteiger partial charge >= 0.3 is 6.09 Å². The Balaban J connectivity index is 1.61. The molecule has 8 heteroatoms. The van der Waals surface area contributed by atoms with E-state index in [1.165, 1.54) is 10.7 Å². The highest BCUT2D eigenvalue weighted by molar-refractivity contribution is 14.2. The van der Waals surface area contributed by atoms with Gasteiger partial charge in [-0.15, -0.1) is 0 Å². The Morgan fingerprint density at radius 1 is 1.10 bits per heavy atom. The highest BCUT2D eigenvalue weighted by Crippen LogP contribution is 2.43. The molecule has 0 spiro atoms. The van der Waals surface area contributed by atoms with E-state index in [0.29, 0.717) is 18.1 Å². The molecule has 41 heavy (non-hydrogen) atoms. The first-order valence-electron chi connectivity index (χ1n) is 14.3. The number of benzene rings is 2. The van der Waals surface area contributed by atoms with Gasteiger partial charge < -0.3 is 19.9 Å². The molecule has 1 amide bonds. The number of ketones is 1. The van der Waals surface area contributed by atoms with E-state index in [4.69, 9.17) is 21.1 Å². The summed E-state index contributed by atoms with van der Waals surface area (Å²) >= 11 is 5.87. The van der Waals surface area contributed by atoms with Gasteiger partial charge in [-0.1, -0.05) is 52.2 Å². The standard InChI is InChI=1S/C33H41ClINO5/c1-19(2)13-29(37)26-18-35-28-12-9-21(22-16-27(34)31(38)30(17-22)40-6)15-25(28)24(26)14-20-7-10-23(11-8-20)36-32(39)41-33(3,4)5/h9,12,15-20,23,38H,7-8,10-11,13-14H2,1-6H3,(H,36,39). The minimum atomic E-state index is -0.518. The summed E-state index contributed by atoms with van der Waals surface area (Å²) in [6.45, 7) is 9.78. The van der Waals surface area contributed by atoms with Gasteiger partial charge in [0.25, 0.3) is 0 Å². The van der Waals surface area contributed by atoms with Crippen LogP contribution in [0.2, 0.25) is 5.02 Å². The summed E-state index contributed by atoms with van der Waals surface area (Å²) in [4.78, 5) is 25.8. The molecule has 0 atom stereocenters. The molecule has 1 saturated carbocycles. The van der Waals surface area contributed by atoms with Crippen LogP contribution in [0.4, 0.5) is 4.79 Å². The van der Waals surface area contributed by atoms with Gasteiger partial charge in [-0.25, -0.2) is 4.79 Å². The number of nitrogens with one attached hydrogen (secondary N) is 1. The molecule has 1 heterocycles. The van der Waals surface area contributed by atoms with E-state index in [9.17, 15) is 14.7 Å². The van der Waals surface area contributed by atoms with E-state index in [1.807, 2.05) is 20.8 Å². The second-order valence-electron chi connectivity index (χ2n) is 12.4. The number of Topliss-reactive ketones (excluding diaryl/α,β-unsaturated/α-hetero) is 1. The van der Waals surface area contributed by atoms with E-state index in [-0.39, 0.29) is 34.6 Å². The molecule has 2 aromatic rings. The number of amides is 1. The second kappa shape index (κ2) is 13.3. The average molecular weight is 694 g/mol. The Bertz CT molecular complexity index is 1370. The maximum absolute atomic E-state index is 13.5. The molecule has 1 aliphatic carbocycles. The fraction of sp³-hybridized carbons (Fsp3) is 0.485. The van der Waals surface area contributed by atoms with Crippen molar-refractivity contribution in [3.63, 3.8) is 0 Å². The van der Waals surface area contributed by atoms with E-state index in [2.05, 4.69) is 41.4 Å². The van der Waals surface area contributed by atoms with Crippen molar-refractivity contribution in [1.29, 1.82) is 0 Å². The van der Waals surface area contributed by atoms with Gasteiger partial charge in [-0.2, -0.15) is 0 Å². The molecule has 6 nitrogen and oxygen atoms in total. The summed E-state index contributed by atoms with van der Waals surface area (Å²) in [6, 6.07) is 10.1. The zero-order valence-corrected chi connectivity index (χ0v) is 27.7. The number of hydrogen-bond donors (Lipinski definition) is 2. The van der Waals surface area contributed by atoms with Crippen molar-refractivity contribution in [2.24, 2.45) is 11.8 Å². The maximum atomic E-state index is 13.5. The lowest BCUT2D eigenvalue weighted by Gasteiger charge is -2.31. The first kappa shape index (κ1) is 31.5. The molecule has 0 saturated heterocycles. The van der Waals surface area contributed by atoms with Gasteiger partial charge in [-0.05, 0) is 115 Å². The van der Waals surface area contributed by atoms with E-state index < -0.39 is 26.3 Å². The molecule has 0 aromatic heterocycles. The number of carbonyl (C=O) groups excluding carboxylic acids is 2. The third kappa shape index (κ3) is 8.13. The zero-order valence-electron chi connectivity index (χ0n) is 24.8. The molecule has 0 unspecified atom stereocenters. The Hall–Kier alpha value is -2.39. The summed E-state index contributed by atoms with van der Waals surface area (Å²) in [5.41, 5.74) is 4.49. The van der Waals surface area contributed by atoms with Gasteiger partial charge in [0.2, 0.25) is 0 Å². The van der Waals surface area contributed by atoms with E-state index >= 15 is 0 Å². The Labute approximate surface area is 258 Å². The van der Waals surface area contributed by atoms with E-state index in [0.717, 1.165) is 59.9 Å². The predicted molar refractivity (Wildman–Crippen MR) is 175 cm³/mol. The summed E-state index contributed by atoms with van der Waals surface area (Å²) in [7, 11) is 1.51. The molecule has 0 bridgehead atoms. The molecule has 2 aliphatic rings. The van der Waals surface area contributed by atoms with Crippen LogP contribution in [0.5, 0.6) is 11.5 Å². The quantitative estimate of drug-likeness (QED) is 0.271. The summed E-state index contributed by atoms with van der Waals surface area (Å²) in [5, 5.41) is 13.5. The number of halogens is 2. The number of allylic oxidation sites excluding steroid dienone is 2. The number of phenolic OH excluding ortho intramolecular Hbond substituents is 1. The highest BCUT2D eigenvalue weighted by Gasteiger charge is 2.29. The third-order valence-corrected chi connectivity index (χ3v) is 10.3. The normalized spacial score (nSPS) is 18.9. The zero-order chi connectivity index (χ0) is 29.9. The van der Waals surface area contributed by atoms with Crippen molar-refractivity contribution in [1.82, 2.24) is 5.32 Å². The van der Waals surface area contributed by atoms with Crippen molar-refractivity contribution < 1.29 is 24.2 Å². The first-order chi connectivity index (χ1) is 19.3. The van der Waals surface area contributed by atoms with Gasteiger partial charge in [0.05, 0.1) is 12.1 Å². The SMILES string of the molecule is COc1cc(-c2ccc3c(c2)C(CC2CCC(NC(=O)OC(C)(C)C)CC2)=C(C(=O)CC(C)C)C=I3)cc(Cl)c1O. The fourth-order valence-electron chi connectivity index (χ4n) is 5.46. The van der Waals surface area contributed by atoms with Gasteiger partial charge in [0, 0.05) is 21.6 Å². The molecular formula is C33H41ClINO5. The van der Waals surface area contributed by atoms with Crippen LogP contribution >= 0.6 is 32.3 Å². The minimum absolute atomic E-state index is 0.0738. The summed E-state index contributed by atoms with van der Waals surface area (Å²) in [6.07, 6.45) is 4.74. The maximum Gasteiger partial charge on any atom is 0.407 e. The largest absolute Gasteiger partial charge is 0.503 e. The molecule has 222 valence electrons. The topological polar surface area (TPSA) is 84.9 Å². The fourth-order valence-corrected chi connectivity index (χ4v) is 8.24. The van der Waals surface area contributed by atoms with Crippen LogP contribution in [0.15, 0.2) is 35.9 Å². The second-order valence-corrected chi connectivity index (χ2v) is 15.2. The Morgan fingerprint density at radius 3 is 2.44 bits per heavy atom. The van der Waals surface area contributed by atoms with Crippen LogP contribution in [0.25, 0.3) is 16.7 Å². The van der Waals surface area contributed by atoms with Crippen molar-refractivity contribution in [3.8, 4) is 22.6 Å². The van der Waals surface area contributed by atoms with Crippen molar-refractivity contribution >= 4 is 53.8 Å². The Kier molecular flexibility index (Phi) is 10.2. The number of rotatable bonds is 8. The van der Waals surface area contributed by atoms with Gasteiger partial charge in [-0.3, -0.25) is 4.79 Å². The number of alkyl carbamates (subject to hydrolysis) is 1. The monoisotopic (exact) mass is 693 g/mol. The van der Waals surface area contributed by atoms with E-state index in [1.54, 1.807) is 12.1 Å². The molecule has 2 N–H and O–H groups in total. The first-order valence-corrected chi connectivity index (χ1v) is 17.0. The lowest BCUT2D eigenvalue weighted by Crippen LogP contribution is -2.41. The number of hydrogen-bond acceptors (Lipinski definition) is 5. The number of aromatic hydroxyl groups is 1. The molecule has 1 aliphatic heterocycles. The number of fused-ring (bicyclic) bond motifs is 1. The smallest absolute Gasteiger partial charge is 0.407 e. The lowest BCUT2D eigenvalue weighted by molar-refractivity contribution is -0.115. The lowest BCUT2D eigenvalue weighted by atomic mass is 9.79. The molecule has 4 rings (SSSR count). The number of ether oxygens (including phenoxy) is 2. The highest BCUT2D eigenvalue weighted by atomic mass is 127. The third-order valence-electron chi connectivity index (χ3n) is 7.43. The molecular weight excluding hydrogens is 653 g/mol. The van der Waals surface area contributed by atoms with Crippen molar-refractivity contribution in [2.75, 3.05) is 7.11 Å². The number of carbonyl (C=O) groups is 2.